The molecular weight excluding hydrogens is 616 g/mol. The number of allylic oxidation sites excluding steroid dienone is 1. The topological polar surface area (TPSA) is 162 Å². The fourth-order valence-electron chi connectivity index (χ4n) is 5.47. The van der Waals surface area contributed by atoms with Gasteiger partial charge in [0.25, 0.3) is 0 Å². The smallest absolute Gasteiger partial charge is 0.328 e. The van der Waals surface area contributed by atoms with E-state index in [1.165, 1.54) is 5.57 Å². The van der Waals surface area contributed by atoms with Crippen molar-refractivity contribution in [1.82, 2.24) is 9.47 Å². The maximum Gasteiger partial charge on any atom is 0.328 e. The number of aromatic nitrogens is 1. The number of hydrogen-bond donors (Lipinski definition) is 5. The summed E-state index contributed by atoms with van der Waals surface area (Å²) in [7, 11) is 3.34. The summed E-state index contributed by atoms with van der Waals surface area (Å²) in [6.45, 7) is 3.70. The Hall–Kier alpha value is -4.94. The molecule has 11 nitrogen and oxygen atoms in total. The Balaban J connectivity index is 0.000000694. The first kappa shape index (κ1) is 37.5. The first-order valence-electron chi connectivity index (χ1n) is 15.5. The zero-order valence-corrected chi connectivity index (χ0v) is 27.5. The summed E-state index contributed by atoms with van der Waals surface area (Å²) >= 11 is 0. The van der Waals surface area contributed by atoms with Crippen molar-refractivity contribution < 1.29 is 44.6 Å². The zero-order valence-electron chi connectivity index (χ0n) is 27.5. The summed E-state index contributed by atoms with van der Waals surface area (Å²) in [5, 5.41) is 46.5. The van der Waals surface area contributed by atoms with E-state index in [0.717, 1.165) is 51.1 Å². The van der Waals surface area contributed by atoms with Crippen LogP contribution in [0.5, 0.6) is 11.5 Å². The molecule has 0 amide bonds. The first-order chi connectivity index (χ1) is 23.1. The van der Waals surface area contributed by atoms with Crippen molar-refractivity contribution in [3.8, 4) is 11.5 Å². The fraction of sp³-hybridized carbons (Fsp3) is 0.297. The highest BCUT2D eigenvalue weighted by Gasteiger charge is 2.20. The van der Waals surface area contributed by atoms with Crippen molar-refractivity contribution in [3.63, 3.8) is 0 Å². The lowest BCUT2D eigenvalue weighted by molar-refractivity contribution is -0.134. The van der Waals surface area contributed by atoms with E-state index in [4.69, 9.17) is 19.7 Å². The largest absolute Gasteiger partial charge is 0.497 e. The number of aliphatic hydroxyl groups excluding tert-OH is 3. The SMILES string of the molecule is CCC(=C(c1ccc(OC)cc1)c1ccc(OC)cc1)c1cn(CC(O)CN(CCO)CCO)c2ccccc12.O=C(O)/C=C/C(=O)O. The fourth-order valence-corrected chi connectivity index (χ4v) is 5.47. The molecule has 0 bridgehead atoms. The summed E-state index contributed by atoms with van der Waals surface area (Å²) in [6, 6.07) is 24.6. The van der Waals surface area contributed by atoms with Crippen LogP contribution in [-0.4, -0.2) is 100 Å². The lowest BCUT2D eigenvalue weighted by Gasteiger charge is -2.23. The molecule has 1 atom stereocenters. The molecule has 256 valence electrons. The number of rotatable bonds is 16. The quantitative estimate of drug-likeness (QED) is 0.109. The van der Waals surface area contributed by atoms with Gasteiger partial charge in [0.05, 0.1) is 33.5 Å². The van der Waals surface area contributed by atoms with E-state index in [1.807, 2.05) is 41.3 Å². The third-order valence-electron chi connectivity index (χ3n) is 7.60. The van der Waals surface area contributed by atoms with Crippen molar-refractivity contribution in [2.75, 3.05) is 47.1 Å². The molecule has 3 aromatic carbocycles. The van der Waals surface area contributed by atoms with Gasteiger partial charge in [-0.2, -0.15) is 0 Å². The summed E-state index contributed by atoms with van der Waals surface area (Å²) in [5.41, 5.74) is 6.67. The molecule has 4 rings (SSSR count). The van der Waals surface area contributed by atoms with Gasteiger partial charge in [-0.1, -0.05) is 49.4 Å². The van der Waals surface area contributed by atoms with Gasteiger partial charge in [0.2, 0.25) is 0 Å². The van der Waals surface area contributed by atoms with Gasteiger partial charge in [0, 0.05) is 61.0 Å². The number of para-hydroxylation sites is 1. The summed E-state index contributed by atoms with van der Waals surface area (Å²) in [5.74, 6) is -0.907. The Labute approximate surface area is 280 Å². The second-order valence-electron chi connectivity index (χ2n) is 10.8. The van der Waals surface area contributed by atoms with Crippen LogP contribution in [0.25, 0.3) is 22.0 Å². The monoisotopic (exact) mass is 660 g/mol. The van der Waals surface area contributed by atoms with Crippen molar-refractivity contribution in [3.05, 3.63) is 108 Å². The van der Waals surface area contributed by atoms with Crippen LogP contribution in [-0.2, 0) is 16.1 Å². The lowest BCUT2D eigenvalue weighted by atomic mass is 9.88. The number of benzene rings is 3. The molecule has 0 fully saturated rings. The van der Waals surface area contributed by atoms with Gasteiger partial charge in [0.1, 0.15) is 11.5 Å². The minimum atomic E-state index is -1.26. The minimum Gasteiger partial charge on any atom is -0.497 e. The Bertz CT molecular complexity index is 1600. The molecule has 0 saturated heterocycles. The third-order valence-corrected chi connectivity index (χ3v) is 7.60. The molecule has 0 aliphatic heterocycles. The van der Waals surface area contributed by atoms with E-state index < -0.39 is 18.0 Å². The minimum absolute atomic E-state index is 0.0204. The van der Waals surface area contributed by atoms with Crippen LogP contribution in [0.2, 0.25) is 0 Å². The number of carboxylic acid groups (broad SMARTS) is 2. The van der Waals surface area contributed by atoms with E-state index >= 15 is 0 Å². The van der Waals surface area contributed by atoms with E-state index in [2.05, 4.69) is 54.1 Å². The number of methoxy groups -OCH3 is 2. The van der Waals surface area contributed by atoms with Gasteiger partial charge >= 0.3 is 11.9 Å². The molecule has 4 aromatic rings. The zero-order chi connectivity index (χ0) is 35.1. The van der Waals surface area contributed by atoms with Crippen molar-refractivity contribution in [2.45, 2.75) is 26.0 Å². The number of hydrogen-bond acceptors (Lipinski definition) is 8. The average Bonchev–Trinajstić information content (AvgIpc) is 3.44. The van der Waals surface area contributed by atoms with Crippen LogP contribution in [0.15, 0.2) is 91.1 Å². The van der Waals surface area contributed by atoms with Gasteiger partial charge in [-0.25, -0.2) is 9.59 Å². The molecule has 0 spiro atoms. The van der Waals surface area contributed by atoms with Crippen molar-refractivity contribution >= 4 is 34.0 Å². The number of nitrogens with zero attached hydrogens (tertiary/aromatic N) is 2. The predicted octanol–water partition coefficient (Wildman–Crippen LogP) is 4.39. The van der Waals surface area contributed by atoms with Gasteiger partial charge in [-0.05, 0) is 59.0 Å². The van der Waals surface area contributed by atoms with Crippen molar-refractivity contribution in [1.29, 1.82) is 0 Å². The summed E-state index contributed by atoms with van der Waals surface area (Å²) < 4.78 is 13.0. The number of carbonyl (C=O) groups is 2. The lowest BCUT2D eigenvalue weighted by Crippen LogP contribution is -2.38. The predicted molar refractivity (Wildman–Crippen MR) is 185 cm³/mol. The molecule has 1 heterocycles. The molecular formula is C37H44N2O9. The highest BCUT2D eigenvalue weighted by atomic mass is 16.5. The number of aliphatic carboxylic acids is 2. The molecule has 48 heavy (non-hydrogen) atoms. The highest BCUT2D eigenvalue weighted by Crippen LogP contribution is 2.39. The van der Waals surface area contributed by atoms with Gasteiger partial charge in [-0.3, -0.25) is 4.90 Å². The molecule has 11 heteroatoms. The highest BCUT2D eigenvalue weighted by molar-refractivity contribution is 6.05. The maximum atomic E-state index is 11.0. The number of fused-ring (bicyclic) bond motifs is 1. The molecule has 0 aliphatic rings. The first-order valence-corrected chi connectivity index (χ1v) is 15.5. The molecule has 1 aromatic heterocycles. The van der Waals surface area contributed by atoms with Crippen LogP contribution in [0.1, 0.15) is 30.0 Å². The van der Waals surface area contributed by atoms with Crippen LogP contribution >= 0.6 is 0 Å². The summed E-state index contributed by atoms with van der Waals surface area (Å²) in [6.07, 6.45) is 3.39. The number of aliphatic hydroxyl groups is 3. The Morgan fingerprint density at radius 1 is 0.812 bits per heavy atom. The average molecular weight is 661 g/mol. The second-order valence-corrected chi connectivity index (χ2v) is 10.8. The van der Waals surface area contributed by atoms with Gasteiger partial charge in [-0.15, -0.1) is 0 Å². The second kappa shape index (κ2) is 19.0. The van der Waals surface area contributed by atoms with Crippen molar-refractivity contribution in [2.24, 2.45) is 0 Å². The van der Waals surface area contributed by atoms with Crippen LogP contribution in [0.4, 0.5) is 0 Å². The van der Waals surface area contributed by atoms with Crippen LogP contribution in [0.3, 0.4) is 0 Å². The molecule has 0 saturated carbocycles. The molecule has 5 N–H and O–H groups in total. The maximum absolute atomic E-state index is 11.0. The molecule has 0 radical (unpaired) electrons. The van der Waals surface area contributed by atoms with E-state index in [1.54, 1.807) is 14.2 Å². The Morgan fingerprint density at radius 3 is 1.75 bits per heavy atom. The normalized spacial score (nSPS) is 11.6. The molecule has 1 unspecified atom stereocenters. The van der Waals surface area contributed by atoms with E-state index in [-0.39, 0.29) is 13.2 Å². The number of ether oxygens (including phenoxy) is 2. The van der Waals surface area contributed by atoms with Gasteiger partial charge < -0.3 is 39.6 Å². The van der Waals surface area contributed by atoms with Crippen LogP contribution < -0.4 is 9.47 Å². The van der Waals surface area contributed by atoms with Crippen LogP contribution in [0, 0.1) is 0 Å². The van der Waals surface area contributed by atoms with Gasteiger partial charge in [0.15, 0.2) is 0 Å². The Kier molecular flexibility index (Phi) is 14.9. The third kappa shape index (κ3) is 10.5. The standard InChI is InChI=1S/C33H40N2O5.C4H4O4/c1-4-29(33(24-9-13-27(39-2)14-10-24)25-11-15-28(40-3)16-12-25)31-23-35(32-8-6-5-7-30(31)32)22-26(38)21-34(17-19-36)18-20-37;5-3(6)1-2-4(7)8/h5-16,23,26,36-38H,4,17-22H2,1-3H3;1-2H,(H,5,6)(H,7,8)/b;2-1+. The van der Waals surface area contributed by atoms with E-state index in [0.29, 0.717) is 38.3 Å². The summed E-state index contributed by atoms with van der Waals surface area (Å²) in [4.78, 5) is 21.0. The number of carboxylic acids is 2. The molecule has 0 aliphatic carbocycles. The van der Waals surface area contributed by atoms with E-state index in [9.17, 15) is 24.9 Å². The Morgan fingerprint density at radius 2 is 1.31 bits per heavy atom.